The van der Waals surface area contributed by atoms with Crippen molar-refractivity contribution >= 4 is 11.9 Å². The number of hydrogen-bond acceptors (Lipinski definition) is 5. The molecule has 0 bridgehead atoms. The number of carbonyl (C=O) groups excluding carboxylic acids is 1. The van der Waals surface area contributed by atoms with Gasteiger partial charge in [0.1, 0.15) is 0 Å². The molecule has 1 saturated carbocycles. The molecule has 1 heterocycles. The van der Waals surface area contributed by atoms with Crippen molar-refractivity contribution in [1.82, 2.24) is 9.97 Å². The molecule has 18 heavy (non-hydrogen) atoms. The fourth-order valence-corrected chi connectivity index (χ4v) is 2.47. The van der Waals surface area contributed by atoms with E-state index in [0.29, 0.717) is 5.95 Å². The van der Waals surface area contributed by atoms with Crippen LogP contribution in [0.3, 0.4) is 0 Å². The Bertz CT molecular complexity index is 428. The Morgan fingerprint density at radius 2 is 2.00 bits per heavy atom. The van der Waals surface area contributed by atoms with Gasteiger partial charge in [0.25, 0.3) is 0 Å². The summed E-state index contributed by atoms with van der Waals surface area (Å²) in [6.07, 6.45) is 2.62. The molecule has 0 radical (unpaired) electrons. The van der Waals surface area contributed by atoms with Crippen LogP contribution in [-0.2, 0) is 9.53 Å². The summed E-state index contributed by atoms with van der Waals surface area (Å²) in [5.41, 5.74) is 1.90. The van der Waals surface area contributed by atoms with Crippen LogP contribution in [0.15, 0.2) is 6.07 Å². The van der Waals surface area contributed by atoms with E-state index in [1.165, 1.54) is 7.11 Å². The minimum Gasteiger partial charge on any atom is -0.469 e. The molecule has 0 saturated heterocycles. The van der Waals surface area contributed by atoms with Crippen molar-refractivity contribution in [2.45, 2.75) is 39.2 Å². The Morgan fingerprint density at radius 1 is 1.33 bits per heavy atom. The summed E-state index contributed by atoms with van der Waals surface area (Å²) < 4.78 is 4.77. The summed E-state index contributed by atoms with van der Waals surface area (Å²) >= 11 is 0. The van der Waals surface area contributed by atoms with E-state index < -0.39 is 0 Å². The summed E-state index contributed by atoms with van der Waals surface area (Å²) in [5, 5.41) is 3.30. The van der Waals surface area contributed by atoms with Crippen LogP contribution in [0, 0.1) is 19.8 Å². The average molecular weight is 249 g/mol. The second-order valence-corrected chi connectivity index (χ2v) is 4.85. The lowest BCUT2D eigenvalue weighted by molar-refractivity contribution is -0.145. The van der Waals surface area contributed by atoms with E-state index >= 15 is 0 Å². The van der Waals surface area contributed by atoms with E-state index in [4.69, 9.17) is 4.74 Å². The number of nitrogens with one attached hydrogen (secondary N) is 1. The third-order valence-corrected chi connectivity index (χ3v) is 3.28. The number of aryl methyl sites for hydroxylation is 2. The van der Waals surface area contributed by atoms with Crippen molar-refractivity contribution in [3.8, 4) is 0 Å². The van der Waals surface area contributed by atoms with E-state index in [2.05, 4.69) is 15.3 Å². The van der Waals surface area contributed by atoms with Gasteiger partial charge >= 0.3 is 5.97 Å². The van der Waals surface area contributed by atoms with Crippen molar-refractivity contribution in [2.75, 3.05) is 12.4 Å². The zero-order valence-electron chi connectivity index (χ0n) is 11.1. The zero-order valence-corrected chi connectivity index (χ0v) is 11.1. The lowest BCUT2D eigenvalue weighted by Gasteiger charge is -2.13. The predicted molar refractivity (Wildman–Crippen MR) is 68.3 cm³/mol. The molecular formula is C13H19N3O2. The zero-order chi connectivity index (χ0) is 13.1. The Hall–Kier alpha value is -1.65. The Kier molecular flexibility index (Phi) is 3.79. The van der Waals surface area contributed by atoms with Crippen molar-refractivity contribution in [3.05, 3.63) is 17.5 Å². The third kappa shape index (κ3) is 2.97. The first kappa shape index (κ1) is 12.8. The van der Waals surface area contributed by atoms with Gasteiger partial charge in [0, 0.05) is 17.4 Å². The quantitative estimate of drug-likeness (QED) is 0.828. The monoisotopic (exact) mass is 249 g/mol. The van der Waals surface area contributed by atoms with Gasteiger partial charge in [0.05, 0.1) is 13.0 Å². The maximum absolute atomic E-state index is 11.4. The second kappa shape index (κ2) is 5.33. The van der Waals surface area contributed by atoms with Crippen LogP contribution < -0.4 is 5.32 Å². The molecule has 0 spiro atoms. The van der Waals surface area contributed by atoms with Gasteiger partial charge in [-0.15, -0.1) is 0 Å². The number of nitrogens with zero attached hydrogens (tertiary/aromatic N) is 2. The highest BCUT2D eigenvalue weighted by atomic mass is 16.5. The molecule has 1 aliphatic carbocycles. The molecule has 1 aromatic rings. The van der Waals surface area contributed by atoms with Crippen molar-refractivity contribution in [1.29, 1.82) is 0 Å². The SMILES string of the molecule is COC(=O)[C@H]1CC[C@@H](Nc2nc(C)cc(C)n2)C1. The number of carbonyl (C=O) groups is 1. The first-order valence-electron chi connectivity index (χ1n) is 6.25. The number of esters is 1. The maximum atomic E-state index is 11.4. The van der Waals surface area contributed by atoms with Crippen LogP contribution in [0.4, 0.5) is 5.95 Å². The lowest BCUT2D eigenvalue weighted by atomic mass is 10.1. The van der Waals surface area contributed by atoms with Gasteiger partial charge in [0.15, 0.2) is 0 Å². The fourth-order valence-electron chi connectivity index (χ4n) is 2.47. The van der Waals surface area contributed by atoms with Crippen LogP contribution in [-0.4, -0.2) is 29.1 Å². The number of rotatable bonds is 3. The standard InChI is InChI=1S/C13H19N3O2/c1-8-6-9(2)15-13(14-8)16-11-5-4-10(7-11)12(17)18-3/h6,10-11H,4-5,7H2,1-3H3,(H,14,15,16)/t10-,11+/m0/s1. The van der Waals surface area contributed by atoms with Crippen LogP contribution in [0.25, 0.3) is 0 Å². The number of ether oxygens (including phenoxy) is 1. The highest BCUT2D eigenvalue weighted by molar-refractivity contribution is 5.72. The summed E-state index contributed by atoms with van der Waals surface area (Å²) in [7, 11) is 1.44. The van der Waals surface area contributed by atoms with Crippen LogP contribution in [0.5, 0.6) is 0 Å². The van der Waals surface area contributed by atoms with Gasteiger partial charge in [-0.3, -0.25) is 4.79 Å². The van der Waals surface area contributed by atoms with Crippen molar-refractivity contribution < 1.29 is 9.53 Å². The number of methoxy groups -OCH3 is 1. The van der Waals surface area contributed by atoms with E-state index in [-0.39, 0.29) is 17.9 Å². The summed E-state index contributed by atoms with van der Waals surface area (Å²) in [5.74, 6) is 0.557. The van der Waals surface area contributed by atoms with Crippen LogP contribution in [0.2, 0.25) is 0 Å². The molecule has 0 aliphatic heterocycles. The van der Waals surface area contributed by atoms with E-state index in [9.17, 15) is 4.79 Å². The average Bonchev–Trinajstić information content (AvgIpc) is 2.75. The predicted octanol–water partition coefficient (Wildman–Crippen LogP) is 1.85. The van der Waals surface area contributed by atoms with Gasteiger partial charge in [0.2, 0.25) is 5.95 Å². The molecule has 0 amide bonds. The van der Waals surface area contributed by atoms with Gasteiger partial charge < -0.3 is 10.1 Å². The second-order valence-electron chi connectivity index (χ2n) is 4.85. The van der Waals surface area contributed by atoms with Gasteiger partial charge in [-0.05, 0) is 39.2 Å². The largest absolute Gasteiger partial charge is 0.469 e. The van der Waals surface area contributed by atoms with E-state index in [1.807, 2.05) is 19.9 Å². The molecule has 1 fully saturated rings. The molecular weight excluding hydrogens is 230 g/mol. The molecule has 1 N–H and O–H groups in total. The molecule has 1 aromatic heterocycles. The summed E-state index contributed by atoms with van der Waals surface area (Å²) in [6, 6.07) is 2.20. The smallest absolute Gasteiger partial charge is 0.308 e. The number of aromatic nitrogens is 2. The van der Waals surface area contributed by atoms with Gasteiger partial charge in [-0.1, -0.05) is 0 Å². The highest BCUT2D eigenvalue weighted by Gasteiger charge is 2.30. The molecule has 2 rings (SSSR count). The number of hydrogen-bond donors (Lipinski definition) is 1. The first-order valence-corrected chi connectivity index (χ1v) is 6.25. The number of anilines is 1. The normalized spacial score (nSPS) is 22.8. The van der Waals surface area contributed by atoms with Gasteiger partial charge in [-0.25, -0.2) is 9.97 Å². The minimum absolute atomic E-state index is 0.0124. The molecule has 5 heteroatoms. The maximum Gasteiger partial charge on any atom is 0.308 e. The topological polar surface area (TPSA) is 64.1 Å². The molecule has 0 aromatic carbocycles. The molecule has 2 atom stereocenters. The summed E-state index contributed by atoms with van der Waals surface area (Å²) in [6.45, 7) is 3.90. The van der Waals surface area contributed by atoms with Crippen LogP contribution in [0.1, 0.15) is 30.7 Å². The Labute approximate surface area is 107 Å². The molecule has 5 nitrogen and oxygen atoms in total. The first-order chi connectivity index (χ1) is 8.58. The van der Waals surface area contributed by atoms with Crippen LogP contribution >= 0.6 is 0 Å². The van der Waals surface area contributed by atoms with Crippen molar-refractivity contribution in [2.24, 2.45) is 5.92 Å². The molecule has 98 valence electrons. The highest BCUT2D eigenvalue weighted by Crippen LogP contribution is 2.28. The Balaban J connectivity index is 1.97. The molecule has 0 unspecified atom stereocenters. The lowest BCUT2D eigenvalue weighted by Crippen LogP contribution is -2.20. The van der Waals surface area contributed by atoms with Crippen molar-refractivity contribution in [3.63, 3.8) is 0 Å². The summed E-state index contributed by atoms with van der Waals surface area (Å²) in [4.78, 5) is 20.1. The van der Waals surface area contributed by atoms with E-state index in [1.54, 1.807) is 0 Å². The van der Waals surface area contributed by atoms with E-state index in [0.717, 1.165) is 30.7 Å². The fraction of sp³-hybridized carbons (Fsp3) is 0.615. The Morgan fingerprint density at radius 3 is 2.61 bits per heavy atom. The minimum atomic E-state index is -0.111. The molecule has 1 aliphatic rings. The van der Waals surface area contributed by atoms with Gasteiger partial charge in [-0.2, -0.15) is 0 Å². The third-order valence-electron chi connectivity index (χ3n) is 3.28.